The van der Waals surface area contributed by atoms with E-state index in [4.69, 9.17) is 16.4 Å². The predicted octanol–water partition coefficient (Wildman–Crippen LogP) is 4.17. The largest absolute Gasteiger partial charge is 0.486 e. The highest BCUT2D eigenvalue weighted by molar-refractivity contribution is 5.92. The van der Waals surface area contributed by atoms with E-state index in [0.717, 1.165) is 49.1 Å². The molecule has 2 aromatic carbocycles. The number of hydrogen-bond acceptors (Lipinski definition) is 5. The van der Waals surface area contributed by atoms with Crippen LogP contribution in [0.1, 0.15) is 27.8 Å². The number of ether oxygens (including phenoxy) is 1. The van der Waals surface area contributed by atoms with Gasteiger partial charge in [-0.05, 0) is 73.7 Å². The van der Waals surface area contributed by atoms with Crippen LogP contribution in [0.4, 0.5) is 10.5 Å². The Morgan fingerprint density at radius 3 is 2.35 bits per heavy atom. The zero-order valence-electron chi connectivity index (χ0n) is 18.6. The number of pyridine rings is 1. The van der Waals surface area contributed by atoms with Gasteiger partial charge in [-0.25, -0.2) is 21.5 Å². The van der Waals surface area contributed by atoms with Gasteiger partial charge in [-0.3, -0.25) is 9.99 Å². The molecule has 0 fully saturated rings. The quantitative estimate of drug-likeness (QED) is 0.367. The van der Waals surface area contributed by atoms with Crippen molar-refractivity contribution < 1.29 is 9.53 Å². The summed E-state index contributed by atoms with van der Waals surface area (Å²) in [6.45, 7) is 8.44. The molecule has 7 nitrogen and oxygen atoms in total. The van der Waals surface area contributed by atoms with Gasteiger partial charge in [-0.1, -0.05) is 24.3 Å². The van der Waals surface area contributed by atoms with Gasteiger partial charge in [0.1, 0.15) is 18.0 Å². The molecule has 3 rings (SSSR count). The predicted molar refractivity (Wildman–Crippen MR) is 123 cm³/mol. The number of hydrazine groups is 2. The second-order valence-electron chi connectivity index (χ2n) is 7.74. The molecule has 0 radical (unpaired) electrons. The molecule has 1 aromatic heterocycles. The van der Waals surface area contributed by atoms with Crippen LogP contribution in [-0.2, 0) is 6.61 Å². The van der Waals surface area contributed by atoms with Gasteiger partial charge >= 0.3 is 6.03 Å². The minimum Gasteiger partial charge on any atom is -0.486 e. The number of benzene rings is 2. The third-order valence-corrected chi connectivity index (χ3v) is 5.28. The number of aryl methyl sites for hydroxylation is 4. The lowest BCUT2D eigenvalue weighted by Crippen LogP contribution is -2.48. The van der Waals surface area contributed by atoms with Crippen LogP contribution in [0.15, 0.2) is 48.7 Å². The van der Waals surface area contributed by atoms with E-state index in [0.29, 0.717) is 18.0 Å². The van der Waals surface area contributed by atoms with Crippen LogP contribution in [0, 0.1) is 27.7 Å². The van der Waals surface area contributed by atoms with Gasteiger partial charge in [-0.2, -0.15) is 0 Å². The van der Waals surface area contributed by atoms with Gasteiger partial charge < -0.3 is 4.74 Å². The number of aromatic nitrogens is 1. The van der Waals surface area contributed by atoms with E-state index in [2.05, 4.69) is 44.0 Å². The number of amides is 2. The van der Waals surface area contributed by atoms with Crippen LogP contribution < -0.4 is 21.4 Å². The fraction of sp³-hybridized carbons (Fsp3) is 0.250. The number of hydrogen-bond donors (Lipinski definition) is 2. The number of nitrogens with zero attached hydrogens (tertiary/aromatic N) is 3. The van der Waals surface area contributed by atoms with E-state index in [-0.39, 0.29) is 0 Å². The lowest BCUT2D eigenvalue weighted by molar-refractivity contribution is 0.216. The molecule has 0 atom stereocenters. The fourth-order valence-corrected chi connectivity index (χ4v) is 3.49. The maximum atomic E-state index is 12.2. The number of carbonyl (C=O) groups excluding carboxylic acids is 1. The molecule has 3 aromatic rings. The topological polar surface area (TPSA) is 97.7 Å². The van der Waals surface area contributed by atoms with Crippen LogP contribution in [0.25, 0.3) is 11.3 Å². The molecule has 31 heavy (non-hydrogen) atoms. The van der Waals surface area contributed by atoms with Crippen LogP contribution in [0.2, 0.25) is 0 Å². The first kappa shape index (κ1) is 22.3. The summed E-state index contributed by atoms with van der Waals surface area (Å²) in [6, 6.07) is 13.2. The molecule has 0 saturated heterocycles. The van der Waals surface area contributed by atoms with Crippen molar-refractivity contribution in [2.75, 3.05) is 12.1 Å². The zero-order chi connectivity index (χ0) is 22.7. The Morgan fingerprint density at radius 1 is 0.968 bits per heavy atom. The van der Waals surface area contributed by atoms with Gasteiger partial charge in [0.15, 0.2) is 0 Å². The summed E-state index contributed by atoms with van der Waals surface area (Å²) in [4.78, 5) is 16.8. The first-order valence-electron chi connectivity index (χ1n) is 10.0. The van der Waals surface area contributed by atoms with Crippen molar-refractivity contribution in [1.82, 2.24) is 9.99 Å². The molecule has 162 valence electrons. The van der Waals surface area contributed by atoms with Crippen molar-refractivity contribution in [3.05, 3.63) is 76.5 Å². The molecule has 0 aliphatic heterocycles. The monoisotopic (exact) mass is 419 g/mol. The molecule has 0 aliphatic rings. The molecule has 0 bridgehead atoms. The standard InChI is InChI=1S/C24H29N5O2/c1-15-9-7-11-27-22(15)20-13-17(3)19(12-18(20)4)14-31-23-16(2)8-6-10-21(23)29(26)24(30)28(5)25/h6-13H,14,25-26H2,1-5H3. The SMILES string of the molecule is Cc1cc(-c2ncccc2C)c(C)cc1COc1c(C)cccc1N(N)C(=O)N(C)N. The Bertz CT molecular complexity index is 1110. The first-order chi connectivity index (χ1) is 14.7. The Labute approximate surface area is 183 Å². The number of carbonyl (C=O) groups is 1. The lowest BCUT2D eigenvalue weighted by atomic mass is 9.96. The highest BCUT2D eigenvalue weighted by atomic mass is 16.5. The van der Waals surface area contributed by atoms with E-state index < -0.39 is 6.03 Å². The van der Waals surface area contributed by atoms with Gasteiger partial charge in [-0.15, -0.1) is 0 Å². The molecule has 0 saturated carbocycles. The molecule has 0 aliphatic carbocycles. The summed E-state index contributed by atoms with van der Waals surface area (Å²) < 4.78 is 6.16. The van der Waals surface area contributed by atoms with E-state index >= 15 is 0 Å². The second-order valence-corrected chi connectivity index (χ2v) is 7.74. The van der Waals surface area contributed by atoms with Gasteiger partial charge in [0.2, 0.25) is 0 Å². The Balaban J connectivity index is 1.90. The van der Waals surface area contributed by atoms with Crippen LogP contribution >= 0.6 is 0 Å². The number of rotatable bonds is 5. The Hall–Kier alpha value is -3.42. The summed E-state index contributed by atoms with van der Waals surface area (Å²) in [7, 11) is 1.44. The average molecular weight is 420 g/mol. The summed E-state index contributed by atoms with van der Waals surface area (Å²) >= 11 is 0. The van der Waals surface area contributed by atoms with E-state index in [9.17, 15) is 4.79 Å². The van der Waals surface area contributed by atoms with Crippen molar-refractivity contribution in [1.29, 1.82) is 0 Å². The summed E-state index contributed by atoms with van der Waals surface area (Å²) in [5.74, 6) is 12.1. The molecular weight excluding hydrogens is 390 g/mol. The van der Waals surface area contributed by atoms with Crippen molar-refractivity contribution in [3.63, 3.8) is 0 Å². The van der Waals surface area contributed by atoms with Crippen LogP contribution in [0.3, 0.4) is 0 Å². The van der Waals surface area contributed by atoms with Crippen molar-refractivity contribution >= 4 is 11.7 Å². The fourth-order valence-electron chi connectivity index (χ4n) is 3.49. The third kappa shape index (κ3) is 4.68. The van der Waals surface area contributed by atoms with Gasteiger partial charge in [0, 0.05) is 18.8 Å². The van der Waals surface area contributed by atoms with E-state index in [1.165, 1.54) is 7.05 Å². The highest BCUT2D eigenvalue weighted by Crippen LogP contribution is 2.33. The average Bonchev–Trinajstić information content (AvgIpc) is 2.74. The molecule has 0 unspecified atom stereocenters. The van der Waals surface area contributed by atoms with E-state index in [1.807, 2.05) is 31.3 Å². The molecular formula is C24H29N5O2. The van der Waals surface area contributed by atoms with Crippen molar-refractivity contribution in [2.24, 2.45) is 11.7 Å². The molecule has 2 amide bonds. The minimum atomic E-state index is -0.544. The smallest absolute Gasteiger partial charge is 0.352 e. The molecule has 0 spiro atoms. The van der Waals surface area contributed by atoms with Gasteiger partial charge in [0.25, 0.3) is 0 Å². The minimum absolute atomic E-state index is 0.340. The molecule has 4 N–H and O–H groups in total. The van der Waals surface area contributed by atoms with E-state index in [1.54, 1.807) is 6.07 Å². The molecule has 7 heteroatoms. The number of anilines is 1. The maximum absolute atomic E-state index is 12.2. The Kier molecular flexibility index (Phi) is 6.58. The third-order valence-electron chi connectivity index (χ3n) is 5.28. The highest BCUT2D eigenvalue weighted by Gasteiger charge is 2.20. The lowest BCUT2D eigenvalue weighted by Gasteiger charge is -2.24. The summed E-state index contributed by atoms with van der Waals surface area (Å²) in [6.07, 6.45) is 1.81. The van der Waals surface area contributed by atoms with Crippen molar-refractivity contribution in [2.45, 2.75) is 34.3 Å². The number of urea groups is 1. The normalized spacial score (nSPS) is 10.7. The number of nitrogens with two attached hydrogens (primary N) is 2. The zero-order valence-corrected chi connectivity index (χ0v) is 18.6. The van der Waals surface area contributed by atoms with Gasteiger partial charge in [0.05, 0.1) is 5.69 Å². The second kappa shape index (κ2) is 9.16. The first-order valence-corrected chi connectivity index (χ1v) is 10.0. The molecule has 1 heterocycles. The summed E-state index contributed by atoms with van der Waals surface area (Å²) in [5.41, 5.74) is 7.83. The van der Waals surface area contributed by atoms with Crippen LogP contribution in [0.5, 0.6) is 5.75 Å². The van der Waals surface area contributed by atoms with Crippen molar-refractivity contribution in [3.8, 4) is 17.0 Å². The maximum Gasteiger partial charge on any atom is 0.352 e. The number of para-hydroxylation sites is 1. The van der Waals surface area contributed by atoms with Crippen LogP contribution in [-0.4, -0.2) is 23.1 Å². The summed E-state index contributed by atoms with van der Waals surface area (Å²) in [5, 5.41) is 1.92. The Morgan fingerprint density at radius 2 is 1.68 bits per heavy atom.